The van der Waals surface area contributed by atoms with E-state index < -0.39 is 17.7 Å². The van der Waals surface area contributed by atoms with Gasteiger partial charge in [0.2, 0.25) is 5.91 Å². The van der Waals surface area contributed by atoms with Crippen molar-refractivity contribution in [3.63, 3.8) is 0 Å². The molecule has 1 aromatic heterocycles. The largest absolute Gasteiger partial charge is 0.490 e. The predicted octanol–water partition coefficient (Wildman–Crippen LogP) is 2.67. The molecule has 3 saturated carbocycles. The van der Waals surface area contributed by atoms with Crippen LogP contribution in [0.25, 0.3) is 0 Å². The highest BCUT2D eigenvalue weighted by Gasteiger charge is 2.49. The quantitative estimate of drug-likeness (QED) is 0.594. The van der Waals surface area contributed by atoms with Crippen molar-refractivity contribution in [2.45, 2.75) is 56.7 Å². The number of carboxylic acids is 1. The van der Waals surface area contributed by atoms with Crippen molar-refractivity contribution in [1.82, 2.24) is 4.98 Å². The number of aromatic nitrogens is 1. The second-order valence-corrected chi connectivity index (χ2v) is 7.88. The summed E-state index contributed by atoms with van der Waals surface area (Å²) in [6.07, 6.45) is 4.31. The Labute approximate surface area is 177 Å². The van der Waals surface area contributed by atoms with E-state index in [0.29, 0.717) is 24.4 Å². The molecule has 2 bridgehead atoms. The summed E-state index contributed by atoms with van der Waals surface area (Å²) in [5, 5.41) is 10.1. The SMILES string of the molecule is COC(=O)CCc1cncc(NC(=O)C2(N)CC3CCC2CC3)c1.O=C(O)C(F)(F)F. The van der Waals surface area contributed by atoms with Gasteiger partial charge >= 0.3 is 18.1 Å². The summed E-state index contributed by atoms with van der Waals surface area (Å²) < 4.78 is 36.4. The number of hydrogen-bond acceptors (Lipinski definition) is 6. The second kappa shape index (κ2) is 10.1. The van der Waals surface area contributed by atoms with Crippen molar-refractivity contribution in [3.05, 3.63) is 24.0 Å². The monoisotopic (exact) mass is 445 g/mol. The molecule has 1 aromatic rings. The number of carboxylic acid groups (broad SMARTS) is 1. The molecule has 0 radical (unpaired) electrons. The number of hydrogen-bond donors (Lipinski definition) is 3. The van der Waals surface area contributed by atoms with Gasteiger partial charge in [-0.05, 0) is 49.1 Å². The lowest BCUT2D eigenvalue weighted by Crippen LogP contribution is -2.61. The lowest BCUT2D eigenvalue weighted by Gasteiger charge is -2.48. The third-order valence-electron chi connectivity index (χ3n) is 5.77. The number of amides is 1. The highest BCUT2D eigenvalue weighted by molar-refractivity contribution is 5.98. The van der Waals surface area contributed by atoms with E-state index in [4.69, 9.17) is 15.6 Å². The van der Waals surface area contributed by atoms with Crippen LogP contribution in [0.15, 0.2) is 18.5 Å². The van der Waals surface area contributed by atoms with Crippen LogP contribution in [0, 0.1) is 11.8 Å². The fraction of sp³-hybridized carbons (Fsp3) is 0.600. The molecule has 3 aliphatic carbocycles. The Morgan fingerprint density at radius 3 is 2.35 bits per heavy atom. The Morgan fingerprint density at radius 1 is 1.26 bits per heavy atom. The third-order valence-corrected chi connectivity index (χ3v) is 5.77. The number of rotatable bonds is 5. The van der Waals surface area contributed by atoms with Crippen LogP contribution in [-0.2, 0) is 25.5 Å². The van der Waals surface area contributed by atoms with Crippen LogP contribution in [-0.4, -0.2) is 46.8 Å². The number of ether oxygens (including phenoxy) is 1. The molecule has 0 aromatic carbocycles. The van der Waals surface area contributed by atoms with Crippen molar-refractivity contribution < 1.29 is 37.4 Å². The molecule has 1 unspecified atom stereocenters. The molecule has 31 heavy (non-hydrogen) atoms. The van der Waals surface area contributed by atoms with Crippen molar-refractivity contribution in [1.29, 1.82) is 0 Å². The van der Waals surface area contributed by atoms with E-state index >= 15 is 0 Å². The minimum Gasteiger partial charge on any atom is -0.475 e. The van der Waals surface area contributed by atoms with Crippen molar-refractivity contribution >= 4 is 23.5 Å². The number of carbonyl (C=O) groups excluding carboxylic acids is 2. The van der Waals surface area contributed by atoms with E-state index in [1.807, 2.05) is 6.07 Å². The van der Waals surface area contributed by atoms with Gasteiger partial charge in [-0.2, -0.15) is 13.2 Å². The zero-order valence-corrected chi connectivity index (χ0v) is 17.1. The zero-order valence-electron chi connectivity index (χ0n) is 17.1. The number of nitrogens with one attached hydrogen (secondary N) is 1. The summed E-state index contributed by atoms with van der Waals surface area (Å²) in [4.78, 5) is 37.1. The molecule has 8 nitrogen and oxygen atoms in total. The van der Waals surface area contributed by atoms with Crippen LogP contribution in [0.5, 0.6) is 0 Å². The molecule has 0 spiro atoms. The number of methoxy groups -OCH3 is 1. The number of halogens is 3. The Bertz CT molecular complexity index is 809. The fourth-order valence-electron chi connectivity index (χ4n) is 4.09. The number of nitrogens with two attached hydrogens (primary N) is 1. The van der Waals surface area contributed by atoms with Gasteiger partial charge in [0.25, 0.3) is 0 Å². The van der Waals surface area contributed by atoms with E-state index in [0.717, 1.165) is 24.8 Å². The van der Waals surface area contributed by atoms with Crippen molar-refractivity contribution in [2.24, 2.45) is 17.6 Å². The summed E-state index contributed by atoms with van der Waals surface area (Å²) in [7, 11) is 1.37. The number of carbonyl (C=O) groups is 3. The summed E-state index contributed by atoms with van der Waals surface area (Å²) in [5.74, 6) is -2.27. The number of fused-ring (bicyclic) bond motifs is 3. The average Bonchev–Trinajstić information content (AvgIpc) is 2.72. The number of nitrogens with zero attached hydrogens (tertiary/aromatic N) is 1. The minimum atomic E-state index is -5.08. The van der Waals surface area contributed by atoms with Crippen molar-refractivity contribution in [2.75, 3.05) is 12.4 Å². The minimum absolute atomic E-state index is 0.108. The van der Waals surface area contributed by atoms with Gasteiger partial charge in [-0.15, -0.1) is 0 Å². The smallest absolute Gasteiger partial charge is 0.475 e. The van der Waals surface area contributed by atoms with E-state index in [9.17, 15) is 22.8 Å². The summed E-state index contributed by atoms with van der Waals surface area (Å²) >= 11 is 0. The molecule has 1 amide bonds. The van der Waals surface area contributed by atoms with Gasteiger partial charge in [0.15, 0.2) is 0 Å². The number of anilines is 1. The van der Waals surface area contributed by atoms with Gasteiger partial charge in [-0.1, -0.05) is 12.8 Å². The van der Waals surface area contributed by atoms with Crippen LogP contribution < -0.4 is 11.1 Å². The molecule has 0 aliphatic heterocycles. The normalized spacial score (nSPS) is 24.5. The van der Waals surface area contributed by atoms with E-state index in [1.54, 1.807) is 12.4 Å². The van der Waals surface area contributed by atoms with Gasteiger partial charge < -0.3 is 20.9 Å². The molecule has 11 heteroatoms. The molecule has 1 heterocycles. The van der Waals surface area contributed by atoms with E-state index in [1.165, 1.54) is 20.0 Å². The topological polar surface area (TPSA) is 132 Å². The number of pyridine rings is 1. The Balaban J connectivity index is 0.000000423. The van der Waals surface area contributed by atoms with Gasteiger partial charge in [-0.3, -0.25) is 14.6 Å². The number of alkyl halides is 3. The fourth-order valence-corrected chi connectivity index (χ4v) is 4.09. The lowest BCUT2D eigenvalue weighted by molar-refractivity contribution is -0.192. The lowest BCUT2D eigenvalue weighted by atomic mass is 9.60. The second-order valence-electron chi connectivity index (χ2n) is 7.88. The summed E-state index contributed by atoms with van der Waals surface area (Å²) in [5.41, 5.74) is 7.25. The van der Waals surface area contributed by atoms with Crippen LogP contribution in [0.2, 0.25) is 0 Å². The molecule has 0 saturated heterocycles. The molecule has 3 aliphatic rings. The first-order valence-corrected chi connectivity index (χ1v) is 9.87. The maximum absolute atomic E-state index is 12.8. The highest BCUT2D eigenvalue weighted by Crippen LogP contribution is 2.46. The van der Waals surface area contributed by atoms with Crippen LogP contribution in [0.3, 0.4) is 0 Å². The molecule has 172 valence electrons. The maximum atomic E-state index is 12.8. The highest BCUT2D eigenvalue weighted by atomic mass is 19.4. The predicted molar refractivity (Wildman–Crippen MR) is 104 cm³/mol. The van der Waals surface area contributed by atoms with E-state index in [-0.39, 0.29) is 17.8 Å². The molecule has 1 atom stereocenters. The Hall–Kier alpha value is -2.69. The summed E-state index contributed by atoms with van der Waals surface area (Å²) in [6, 6.07) is 1.85. The van der Waals surface area contributed by atoms with Crippen LogP contribution in [0.1, 0.15) is 44.1 Å². The number of aryl methyl sites for hydroxylation is 1. The average molecular weight is 445 g/mol. The molecule has 3 fully saturated rings. The zero-order chi connectivity index (χ0) is 23.2. The van der Waals surface area contributed by atoms with Gasteiger partial charge in [0.1, 0.15) is 0 Å². The van der Waals surface area contributed by atoms with Gasteiger partial charge in [0.05, 0.1) is 24.5 Å². The maximum Gasteiger partial charge on any atom is 0.490 e. The first-order valence-electron chi connectivity index (χ1n) is 9.87. The summed E-state index contributed by atoms with van der Waals surface area (Å²) in [6.45, 7) is 0. The van der Waals surface area contributed by atoms with Crippen LogP contribution >= 0.6 is 0 Å². The molecular weight excluding hydrogens is 419 g/mol. The number of esters is 1. The molecule has 4 rings (SSSR count). The van der Waals surface area contributed by atoms with Gasteiger partial charge in [-0.25, -0.2) is 4.79 Å². The molecular formula is C20H26F3N3O5. The van der Waals surface area contributed by atoms with Crippen molar-refractivity contribution in [3.8, 4) is 0 Å². The standard InChI is InChI=1S/C18H25N3O3.C2HF3O2/c1-24-16(22)7-4-13-8-15(11-20-10-13)21-17(23)18(19)9-12-2-5-14(18)6-3-12;3-2(4,5)1(6)7/h8,10-12,14H,2-7,9,19H2,1H3,(H,21,23);(H,6,7). The Morgan fingerprint density at radius 2 is 1.87 bits per heavy atom. The molecule has 4 N–H and O–H groups in total. The third kappa shape index (κ3) is 6.65. The Kier molecular flexibility index (Phi) is 7.99. The van der Waals surface area contributed by atoms with Gasteiger partial charge in [0, 0.05) is 12.6 Å². The number of aliphatic carboxylic acids is 1. The first kappa shape index (κ1) is 24.6. The van der Waals surface area contributed by atoms with Crippen LogP contribution in [0.4, 0.5) is 18.9 Å². The van der Waals surface area contributed by atoms with E-state index in [2.05, 4.69) is 15.0 Å². The first-order chi connectivity index (χ1) is 14.5.